The van der Waals surface area contributed by atoms with Crippen LogP contribution in [-0.4, -0.2) is 18.9 Å². The molecule has 0 aromatic heterocycles. The fraction of sp³-hybridized carbons (Fsp3) is 0.200. The Bertz CT molecular complexity index is 429. The summed E-state index contributed by atoms with van der Waals surface area (Å²) in [6, 6.07) is 2.50. The molecule has 5 heteroatoms. The second-order valence-corrected chi connectivity index (χ2v) is 3.25. The van der Waals surface area contributed by atoms with E-state index in [1.54, 1.807) is 6.92 Å². The molecule has 0 spiro atoms. The van der Waals surface area contributed by atoms with E-state index < -0.39 is 23.1 Å². The Labute approximate surface area is 90.8 Å². The topological polar surface area (TPSA) is 43.4 Å². The molecule has 0 N–H and O–H groups in total. The Morgan fingerprint density at radius 3 is 2.53 bits per heavy atom. The quantitative estimate of drug-likeness (QED) is 0.444. The zero-order valence-corrected chi connectivity index (χ0v) is 8.89. The summed E-state index contributed by atoms with van der Waals surface area (Å²) in [6.07, 6.45) is 0. The Kier molecular flexibility index (Phi) is 3.42. The fourth-order valence-electron chi connectivity index (χ4n) is 1.06. The standard InChI is InChI=1S/C10H8ClFO3/c1-5-3-4-6(12)7(8(5)11)9(13)10(14)15-2/h3-4H,1-2H3. The van der Waals surface area contributed by atoms with E-state index in [1.165, 1.54) is 6.07 Å². The number of ether oxygens (including phenoxy) is 1. The lowest BCUT2D eigenvalue weighted by atomic mass is 10.1. The Morgan fingerprint density at radius 1 is 1.40 bits per heavy atom. The number of ketones is 1. The second kappa shape index (κ2) is 4.40. The van der Waals surface area contributed by atoms with Gasteiger partial charge in [0.25, 0.3) is 5.78 Å². The fourth-order valence-corrected chi connectivity index (χ4v) is 1.30. The van der Waals surface area contributed by atoms with Crippen molar-refractivity contribution in [2.75, 3.05) is 7.11 Å². The molecule has 0 atom stereocenters. The number of halogens is 2. The molecule has 0 amide bonds. The van der Waals surface area contributed by atoms with Gasteiger partial charge in [0, 0.05) is 0 Å². The number of hydrogen-bond donors (Lipinski definition) is 0. The van der Waals surface area contributed by atoms with Crippen LogP contribution < -0.4 is 0 Å². The van der Waals surface area contributed by atoms with E-state index in [1.807, 2.05) is 0 Å². The molecule has 0 fully saturated rings. The third-order valence-electron chi connectivity index (χ3n) is 1.88. The van der Waals surface area contributed by atoms with Gasteiger partial charge in [-0.2, -0.15) is 0 Å². The molecule has 0 saturated carbocycles. The summed E-state index contributed by atoms with van der Waals surface area (Å²) in [5.41, 5.74) is 0.0776. The van der Waals surface area contributed by atoms with Gasteiger partial charge in [-0.1, -0.05) is 17.7 Å². The number of esters is 1. The van der Waals surface area contributed by atoms with E-state index in [9.17, 15) is 14.0 Å². The molecule has 1 rings (SSSR count). The van der Waals surface area contributed by atoms with E-state index >= 15 is 0 Å². The summed E-state index contributed by atoms with van der Waals surface area (Å²) in [4.78, 5) is 22.3. The molecular formula is C10H8ClFO3. The van der Waals surface area contributed by atoms with Crippen LogP contribution in [0.5, 0.6) is 0 Å². The van der Waals surface area contributed by atoms with Crippen molar-refractivity contribution in [3.05, 3.63) is 34.1 Å². The van der Waals surface area contributed by atoms with Gasteiger partial charge in [0.15, 0.2) is 0 Å². The molecule has 0 bridgehead atoms. The lowest BCUT2D eigenvalue weighted by molar-refractivity contribution is -0.135. The summed E-state index contributed by atoms with van der Waals surface area (Å²) in [7, 11) is 1.04. The summed E-state index contributed by atoms with van der Waals surface area (Å²) < 4.78 is 17.5. The van der Waals surface area contributed by atoms with Gasteiger partial charge in [0.1, 0.15) is 5.82 Å². The van der Waals surface area contributed by atoms with Gasteiger partial charge < -0.3 is 4.74 Å². The van der Waals surface area contributed by atoms with Crippen LogP contribution in [0.1, 0.15) is 15.9 Å². The second-order valence-electron chi connectivity index (χ2n) is 2.87. The van der Waals surface area contributed by atoms with Crippen molar-refractivity contribution in [1.82, 2.24) is 0 Å². The van der Waals surface area contributed by atoms with Gasteiger partial charge in [-0.25, -0.2) is 9.18 Å². The first-order valence-electron chi connectivity index (χ1n) is 4.06. The third kappa shape index (κ3) is 2.15. The van der Waals surface area contributed by atoms with Crippen LogP contribution in [0.15, 0.2) is 12.1 Å². The van der Waals surface area contributed by atoms with Gasteiger partial charge in [-0.15, -0.1) is 0 Å². The number of carbonyl (C=O) groups excluding carboxylic acids is 2. The van der Waals surface area contributed by atoms with Crippen molar-refractivity contribution in [1.29, 1.82) is 0 Å². The van der Waals surface area contributed by atoms with Crippen molar-refractivity contribution in [2.45, 2.75) is 6.92 Å². The first kappa shape index (κ1) is 11.7. The van der Waals surface area contributed by atoms with Gasteiger partial charge in [-0.3, -0.25) is 4.79 Å². The molecule has 0 heterocycles. The molecule has 1 aromatic carbocycles. The largest absolute Gasteiger partial charge is 0.463 e. The predicted octanol–water partition coefficient (Wildman–Crippen LogP) is 2.14. The van der Waals surface area contributed by atoms with Crippen LogP contribution in [0, 0.1) is 12.7 Å². The van der Waals surface area contributed by atoms with Crippen LogP contribution >= 0.6 is 11.6 Å². The number of benzene rings is 1. The van der Waals surface area contributed by atoms with E-state index in [0.29, 0.717) is 5.56 Å². The minimum absolute atomic E-state index is 0.0644. The summed E-state index contributed by atoms with van der Waals surface area (Å²) in [5, 5.41) is -0.0644. The monoisotopic (exact) mass is 230 g/mol. The van der Waals surface area contributed by atoms with Crippen molar-refractivity contribution >= 4 is 23.4 Å². The van der Waals surface area contributed by atoms with Crippen LogP contribution in [0.4, 0.5) is 4.39 Å². The van der Waals surface area contributed by atoms with E-state index in [4.69, 9.17) is 11.6 Å². The minimum Gasteiger partial charge on any atom is -0.463 e. The maximum Gasteiger partial charge on any atom is 0.379 e. The average molecular weight is 231 g/mol. The average Bonchev–Trinajstić information content (AvgIpc) is 2.22. The minimum atomic E-state index is -1.14. The molecule has 15 heavy (non-hydrogen) atoms. The van der Waals surface area contributed by atoms with E-state index in [2.05, 4.69) is 4.74 Å². The van der Waals surface area contributed by atoms with Gasteiger partial charge >= 0.3 is 5.97 Å². The van der Waals surface area contributed by atoms with E-state index in [0.717, 1.165) is 13.2 Å². The molecule has 0 unspecified atom stereocenters. The summed E-state index contributed by atoms with van der Waals surface area (Å²) >= 11 is 5.73. The molecule has 0 aliphatic carbocycles. The Balaban J connectivity index is 3.31. The van der Waals surface area contributed by atoms with Crippen molar-refractivity contribution in [3.8, 4) is 0 Å². The number of hydrogen-bond acceptors (Lipinski definition) is 3. The first-order chi connectivity index (χ1) is 6.99. The molecular weight excluding hydrogens is 223 g/mol. The van der Waals surface area contributed by atoms with Gasteiger partial charge in [0.2, 0.25) is 0 Å². The van der Waals surface area contributed by atoms with Crippen LogP contribution in [0.2, 0.25) is 5.02 Å². The van der Waals surface area contributed by atoms with Crippen molar-refractivity contribution in [2.24, 2.45) is 0 Å². The third-order valence-corrected chi connectivity index (χ3v) is 2.37. The highest BCUT2D eigenvalue weighted by Crippen LogP contribution is 2.24. The van der Waals surface area contributed by atoms with Crippen LogP contribution in [-0.2, 0) is 9.53 Å². The van der Waals surface area contributed by atoms with Gasteiger partial charge in [-0.05, 0) is 18.6 Å². The molecule has 3 nitrogen and oxygen atoms in total. The van der Waals surface area contributed by atoms with Crippen LogP contribution in [0.3, 0.4) is 0 Å². The lowest BCUT2D eigenvalue weighted by Gasteiger charge is -2.05. The molecule has 80 valence electrons. The molecule has 0 saturated heterocycles. The zero-order chi connectivity index (χ0) is 11.6. The maximum atomic E-state index is 13.3. The van der Waals surface area contributed by atoms with Gasteiger partial charge in [0.05, 0.1) is 17.7 Å². The molecule has 1 aromatic rings. The summed E-state index contributed by atoms with van der Waals surface area (Å²) in [6.45, 7) is 1.61. The highest BCUT2D eigenvalue weighted by Gasteiger charge is 2.24. The smallest absolute Gasteiger partial charge is 0.379 e. The lowest BCUT2D eigenvalue weighted by Crippen LogP contribution is -2.18. The molecule has 0 aliphatic heterocycles. The first-order valence-corrected chi connectivity index (χ1v) is 4.44. The Morgan fingerprint density at radius 2 is 2.00 bits per heavy atom. The highest BCUT2D eigenvalue weighted by molar-refractivity contribution is 6.45. The zero-order valence-electron chi connectivity index (χ0n) is 8.14. The van der Waals surface area contributed by atoms with Crippen molar-refractivity contribution < 1.29 is 18.7 Å². The highest BCUT2D eigenvalue weighted by atomic mass is 35.5. The number of aryl methyl sites for hydroxylation is 1. The SMILES string of the molecule is COC(=O)C(=O)c1c(F)ccc(C)c1Cl. The van der Waals surface area contributed by atoms with Crippen molar-refractivity contribution in [3.63, 3.8) is 0 Å². The number of rotatable bonds is 2. The van der Waals surface area contributed by atoms with Crippen LogP contribution in [0.25, 0.3) is 0 Å². The van der Waals surface area contributed by atoms with E-state index in [-0.39, 0.29) is 5.02 Å². The number of carbonyl (C=O) groups is 2. The molecule has 0 radical (unpaired) electrons. The number of Topliss-reactive ketones (excluding diaryl/α,β-unsaturated/α-hetero) is 1. The number of methoxy groups -OCH3 is 1. The summed E-state index contributed by atoms with van der Waals surface area (Å²) in [5.74, 6) is -3.05. The molecule has 0 aliphatic rings. The Hall–Kier alpha value is -1.42. The predicted molar refractivity (Wildman–Crippen MR) is 52.5 cm³/mol. The normalized spacial score (nSPS) is 9.87. The maximum absolute atomic E-state index is 13.3.